The van der Waals surface area contributed by atoms with E-state index in [1.165, 1.54) is 0 Å². The van der Waals surface area contributed by atoms with Crippen molar-refractivity contribution in [1.82, 2.24) is 5.32 Å². The molecule has 1 fully saturated rings. The Balaban J connectivity index is 2.40. The normalized spacial score (nSPS) is 34.2. The summed E-state index contributed by atoms with van der Waals surface area (Å²) in [4.78, 5) is 0. The second kappa shape index (κ2) is 3.18. The molecule has 54 valence electrons. The highest BCUT2D eigenvalue weighted by molar-refractivity contribution is 4.74. The molecule has 0 spiro atoms. The van der Waals surface area contributed by atoms with Crippen molar-refractivity contribution in [1.29, 1.82) is 0 Å². The number of aliphatic hydroxyl groups excluding tert-OH is 1. The van der Waals surface area contributed by atoms with Gasteiger partial charge in [0.2, 0.25) is 0 Å². The largest absolute Gasteiger partial charge is 0.396 e. The predicted molar refractivity (Wildman–Crippen MR) is 37.2 cm³/mol. The van der Waals surface area contributed by atoms with E-state index in [1.54, 1.807) is 0 Å². The fourth-order valence-corrected chi connectivity index (χ4v) is 1.19. The third-order valence-electron chi connectivity index (χ3n) is 1.91. The van der Waals surface area contributed by atoms with E-state index in [9.17, 15) is 0 Å². The number of rotatable bonds is 2. The van der Waals surface area contributed by atoms with Crippen LogP contribution in [0, 0.1) is 11.8 Å². The fraction of sp³-hybridized carbons (Fsp3) is 1.00. The van der Waals surface area contributed by atoms with Gasteiger partial charge in [-0.05, 0) is 31.3 Å². The first kappa shape index (κ1) is 4.69. The molecular formula is C7H15NO. The van der Waals surface area contributed by atoms with Crippen LogP contribution >= 0.6 is 0 Å². The summed E-state index contributed by atoms with van der Waals surface area (Å²) >= 11 is 0. The summed E-state index contributed by atoms with van der Waals surface area (Å²) in [5, 5.41) is 12.1. The average molecular weight is 131 g/mol. The minimum absolute atomic E-state index is 0.0238. The first-order valence-corrected chi connectivity index (χ1v) is 3.41. The Kier molecular flexibility index (Phi) is 1.66. The van der Waals surface area contributed by atoms with E-state index >= 15 is 0 Å². The van der Waals surface area contributed by atoms with Gasteiger partial charge in [0.25, 0.3) is 0 Å². The fourth-order valence-electron chi connectivity index (χ4n) is 1.19. The molecule has 2 unspecified atom stereocenters. The summed E-state index contributed by atoms with van der Waals surface area (Å²) < 4.78 is 14.4. The molecule has 1 aliphatic heterocycles. The first-order valence-electron chi connectivity index (χ1n) is 4.57. The Bertz CT molecular complexity index is 115. The maximum absolute atomic E-state index is 8.89. The van der Waals surface area contributed by atoms with Gasteiger partial charge in [0.1, 0.15) is 0 Å². The van der Waals surface area contributed by atoms with Crippen molar-refractivity contribution in [3.8, 4) is 0 Å². The van der Waals surface area contributed by atoms with Crippen LogP contribution < -0.4 is 5.32 Å². The Morgan fingerprint density at radius 2 is 2.89 bits per heavy atom. The van der Waals surface area contributed by atoms with Gasteiger partial charge >= 0.3 is 0 Å². The minimum Gasteiger partial charge on any atom is -0.396 e. The quantitative estimate of drug-likeness (QED) is 0.562. The van der Waals surface area contributed by atoms with Gasteiger partial charge in [-0.1, -0.05) is 6.88 Å². The third kappa shape index (κ3) is 1.66. The van der Waals surface area contributed by atoms with Crippen LogP contribution in [-0.4, -0.2) is 24.8 Å². The topological polar surface area (TPSA) is 32.3 Å². The van der Waals surface area contributed by atoms with E-state index in [-0.39, 0.29) is 12.5 Å². The summed E-state index contributed by atoms with van der Waals surface area (Å²) in [5.41, 5.74) is 0. The highest BCUT2D eigenvalue weighted by Gasteiger charge is 2.19. The molecule has 9 heavy (non-hydrogen) atoms. The number of aliphatic hydroxyl groups is 1. The van der Waals surface area contributed by atoms with Crippen molar-refractivity contribution in [2.75, 3.05) is 19.7 Å². The molecule has 0 aromatic rings. The minimum atomic E-state index is -0.884. The van der Waals surface area contributed by atoms with Crippen molar-refractivity contribution >= 4 is 0 Å². The zero-order valence-electron chi connectivity index (χ0n) is 7.51. The molecule has 0 bridgehead atoms. The third-order valence-corrected chi connectivity index (χ3v) is 1.91. The highest BCUT2D eigenvalue weighted by Crippen LogP contribution is 2.17. The lowest BCUT2D eigenvalue weighted by Gasteiger charge is -2.13. The molecule has 0 saturated carbocycles. The van der Waals surface area contributed by atoms with Crippen molar-refractivity contribution in [3.05, 3.63) is 0 Å². The van der Waals surface area contributed by atoms with Crippen LogP contribution in [0.5, 0.6) is 0 Å². The van der Waals surface area contributed by atoms with Crippen LogP contribution in [0.4, 0.5) is 0 Å². The first-order chi connectivity index (χ1) is 5.25. The second-order valence-corrected chi connectivity index (χ2v) is 2.60. The van der Waals surface area contributed by atoms with Crippen LogP contribution in [-0.2, 0) is 0 Å². The molecular weight excluding hydrogens is 114 g/mol. The summed E-state index contributed by atoms with van der Waals surface area (Å²) in [5.74, 6) is 0.171. The van der Waals surface area contributed by atoms with E-state index < -0.39 is 6.88 Å². The van der Waals surface area contributed by atoms with Crippen molar-refractivity contribution in [3.63, 3.8) is 0 Å². The van der Waals surface area contributed by atoms with Crippen molar-refractivity contribution in [2.45, 2.75) is 13.3 Å². The summed E-state index contributed by atoms with van der Waals surface area (Å²) in [6, 6.07) is 0. The molecule has 1 rings (SSSR count). The lowest BCUT2D eigenvalue weighted by molar-refractivity contribution is 0.195. The van der Waals surface area contributed by atoms with E-state index in [0.29, 0.717) is 5.92 Å². The summed E-state index contributed by atoms with van der Waals surface area (Å²) in [7, 11) is 0. The summed E-state index contributed by atoms with van der Waals surface area (Å²) in [6.45, 7) is 0.919. The molecule has 2 N–H and O–H groups in total. The molecule has 0 radical (unpaired) electrons. The molecule has 1 saturated heterocycles. The Hall–Kier alpha value is -0.0800. The van der Waals surface area contributed by atoms with Crippen molar-refractivity contribution < 1.29 is 7.85 Å². The zero-order valence-corrected chi connectivity index (χ0v) is 5.51. The van der Waals surface area contributed by atoms with Gasteiger partial charge < -0.3 is 10.4 Å². The highest BCUT2D eigenvalue weighted by atomic mass is 16.3. The lowest BCUT2D eigenvalue weighted by atomic mass is 9.94. The van der Waals surface area contributed by atoms with Crippen LogP contribution in [0.2, 0.25) is 0 Å². The standard InChI is InChI=1S/C7H15NO/c1-6(5-9)7-2-3-8-4-7/h6-9H,2-5H2,1H3/i1D2. The molecule has 2 atom stereocenters. The Morgan fingerprint density at radius 1 is 2.00 bits per heavy atom. The molecule has 0 aliphatic carbocycles. The van der Waals surface area contributed by atoms with Crippen LogP contribution in [0.25, 0.3) is 0 Å². The van der Waals surface area contributed by atoms with Gasteiger partial charge in [-0.25, -0.2) is 0 Å². The van der Waals surface area contributed by atoms with Gasteiger partial charge in [0.15, 0.2) is 0 Å². The van der Waals surface area contributed by atoms with E-state index in [2.05, 4.69) is 5.32 Å². The molecule has 0 aromatic heterocycles. The molecule has 0 aromatic carbocycles. The monoisotopic (exact) mass is 131 g/mol. The van der Waals surface area contributed by atoms with Gasteiger partial charge in [0.05, 0.1) is 0 Å². The number of hydrogen-bond donors (Lipinski definition) is 2. The molecule has 0 amide bonds. The van der Waals surface area contributed by atoms with Crippen LogP contribution in [0.3, 0.4) is 0 Å². The van der Waals surface area contributed by atoms with E-state index in [1.807, 2.05) is 0 Å². The predicted octanol–water partition coefficient (Wildman–Crippen LogP) is 0.224. The summed E-state index contributed by atoms with van der Waals surface area (Å²) in [6.07, 6.45) is 0.999. The molecule has 2 heteroatoms. The number of hydrogen-bond acceptors (Lipinski definition) is 2. The van der Waals surface area contributed by atoms with Gasteiger partial charge in [-0.3, -0.25) is 0 Å². The van der Waals surface area contributed by atoms with E-state index in [4.69, 9.17) is 7.85 Å². The smallest absolute Gasteiger partial charge is 0.0459 e. The molecule has 2 nitrogen and oxygen atoms in total. The average Bonchev–Trinajstić information content (AvgIpc) is 2.40. The second-order valence-electron chi connectivity index (χ2n) is 2.60. The van der Waals surface area contributed by atoms with Gasteiger partial charge in [-0.2, -0.15) is 0 Å². The number of nitrogens with one attached hydrogen (secondary N) is 1. The molecule has 1 heterocycles. The van der Waals surface area contributed by atoms with Crippen LogP contribution in [0.1, 0.15) is 16.0 Å². The Labute approximate surface area is 59.1 Å². The molecule has 1 aliphatic rings. The Morgan fingerprint density at radius 3 is 3.33 bits per heavy atom. The zero-order chi connectivity index (χ0) is 8.27. The van der Waals surface area contributed by atoms with Crippen molar-refractivity contribution in [2.24, 2.45) is 11.8 Å². The lowest BCUT2D eigenvalue weighted by Crippen LogP contribution is -2.17. The maximum Gasteiger partial charge on any atom is 0.0459 e. The van der Waals surface area contributed by atoms with Crippen LogP contribution in [0.15, 0.2) is 0 Å². The van der Waals surface area contributed by atoms with Gasteiger partial charge in [-0.15, -0.1) is 0 Å². The van der Waals surface area contributed by atoms with E-state index in [0.717, 1.165) is 19.5 Å². The maximum atomic E-state index is 8.89. The SMILES string of the molecule is [2H]C([2H])C(CO)C1CCNC1. The van der Waals surface area contributed by atoms with Gasteiger partial charge in [0, 0.05) is 9.35 Å².